The van der Waals surface area contributed by atoms with Crippen molar-refractivity contribution < 1.29 is 13.2 Å². The van der Waals surface area contributed by atoms with Crippen molar-refractivity contribution in [2.45, 2.75) is 51.0 Å². The molecule has 1 amide bonds. The predicted octanol–water partition coefficient (Wildman–Crippen LogP) is 1.35. The number of piperidine rings is 1. The molecule has 3 atom stereocenters. The van der Waals surface area contributed by atoms with Crippen LogP contribution in [0.15, 0.2) is 0 Å². The first kappa shape index (κ1) is 20.9. The highest BCUT2D eigenvalue weighted by Crippen LogP contribution is 2.42. The average Bonchev–Trinajstić information content (AvgIpc) is 2.52. The Morgan fingerprint density at radius 1 is 1.16 bits per heavy atom. The van der Waals surface area contributed by atoms with Gasteiger partial charge in [0.15, 0.2) is 0 Å². The molecule has 25 heavy (non-hydrogen) atoms. The van der Waals surface area contributed by atoms with E-state index in [1.54, 1.807) is 0 Å². The Balaban J connectivity index is 0.00000225. The molecule has 6 nitrogen and oxygen atoms in total. The normalized spacial score (nSPS) is 35.8. The highest BCUT2D eigenvalue weighted by atomic mass is 35.5. The Labute approximate surface area is 157 Å². The molecule has 146 valence electrons. The quantitative estimate of drug-likeness (QED) is 0.753. The molecule has 3 N–H and O–H groups in total. The molecule has 2 bridgehead atoms. The zero-order valence-corrected chi connectivity index (χ0v) is 16.7. The summed E-state index contributed by atoms with van der Waals surface area (Å²) >= 11 is 0. The highest BCUT2D eigenvalue weighted by molar-refractivity contribution is 7.88. The fraction of sp³-hybridized carbons (Fsp3) is 0.941. The van der Waals surface area contributed by atoms with Crippen LogP contribution in [-0.4, -0.2) is 51.2 Å². The second-order valence-electron chi connectivity index (χ2n) is 8.11. The molecular weight excluding hydrogens is 362 g/mol. The van der Waals surface area contributed by atoms with Gasteiger partial charge in [-0.2, -0.15) is 0 Å². The van der Waals surface area contributed by atoms with Crippen LogP contribution in [-0.2, 0) is 14.8 Å². The van der Waals surface area contributed by atoms with Crippen molar-refractivity contribution in [1.29, 1.82) is 0 Å². The molecule has 8 heteroatoms. The molecule has 1 heterocycles. The Morgan fingerprint density at radius 3 is 2.40 bits per heavy atom. The van der Waals surface area contributed by atoms with Crippen molar-refractivity contribution in [3.8, 4) is 0 Å². The van der Waals surface area contributed by atoms with Crippen LogP contribution >= 0.6 is 12.4 Å². The standard InChI is InChI=1S/C17H31N3O3S.ClH/c1-24(22,23)19-10-12-4-3-7-20(11-12)17(21)15-8-13-5-2-6-14(9-15)16(13)18;/h12-16,19H,2-11,18H2,1H3;1H. The van der Waals surface area contributed by atoms with E-state index in [1.165, 1.54) is 25.5 Å². The SMILES string of the molecule is CS(=O)(=O)NCC1CCCN(C(=O)C2CC3CCCC(C2)C3N)C1.Cl. The van der Waals surface area contributed by atoms with E-state index in [1.807, 2.05) is 4.90 Å². The van der Waals surface area contributed by atoms with E-state index in [-0.39, 0.29) is 36.2 Å². The second-order valence-corrected chi connectivity index (χ2v) is 9.94. The van der Waals surface area contributed by atoms with Crippen LogP contribution in [0, 0.1) is 23.7 Å². The Morgan fingerprint density at radius 2 is 1.80 bits per heavy atom. The highest BCUT2D eigenvalue weighted by Gasteiger charge is 2.42. The summed E-state index contributed by atoms with van der Waals surface area (Å²) in [5.41, 5.74) is 6.34. The first-order valence-corrected chi connectivity index (χ1v) is 11.2. The molecule has 3 rings (SSSR count). The van der Waals surface area contributed by atoms with Gasteiger partial charge in [0.25, 0.3) is 0 Å². The number of likely N-dealkylation sites (tertiary alicyclic amines) is 1. The van der Waals surface area contributed by atoms with Gasteiger partial charge >= 0.3 is 0 Å². The summed E-state index contributed by atoms with van der Waals surface area (Å²) in [6, 6.07) is 0.288. The third-order valence-corrected chi connectivity index (χ3v) is 6.92. The summed E-state index contributed by atoms with van der Waals surface area (Å²) in [4.78, 5) is 15.0. The fourth-order valence-electron chi connectivity index (χ4n) is 4.95. The van der Waals surface area contributed by atoms with Gasteiger partial charge in [0, 0.05) is 31.6 Å². The van der Waals surface area contributed by atoms with Crippen molar-refractivity contribution >= 4 is 28.3 Å². The van der Waals surface area contributed by atoms with E-state index in [9.17, 15) is 13.2 Å². The van der Waals surface area contributed by atoms with Crippen LogP contribution in [0.3, 0.4) is 0 Å². The maximum Gasteiger partial charge on any atom is 0.225 e. The predicted molar refractivity (Wildman–Crippen MR) is 101 cm³/mol. The van der Waals surface area contributed by atoms with Crippen LogP contribution in [0.5, 0.6) is 0 Å². The first-order valence-electron chi connectivity index (χ1n) is 9.32. The number of rotatable bonds is 4. The minimum absolute atomic E-state index is 0. The van der Waals surface area contributed by atoms with Gasteiger partial charge in [0.1, 0.15) is 0 Å². The maximum atomic E-state index is 13.0. The number of nitrogens with one attached hydrogen (secondary N) is 1. The Hall–Kier alpha value is -0.370. The van der Waals surface area contributed by atoms with Crippen molar-refractivity contribution in [2.75, 3.05) is 25.9 Å². The fourth-order valence-corrected chi connectivity index (χ4v) is 5.49. The van der Waals surface area contributed by atoms with Crippen LogP contribution in [0.2, 0.25) is 0 Å². The third-order valence-electron chi connectivity index (χ3n) is 6.23. The largest absolute Gasteiger partial charge is 0.342 e. The number of hydrogen-bond acceptors (Lipinski definition) is 4. The van der Waals surface area contributed by atoms with E-state index in [2.05, 4.69) is 4.72 Å². The number of carbonyl (C=O) groups excluding carboxylic acids is 1. The summed E-state index contributed by atoms with van der Waals surface area (Å²) in [5, 5.41) is 0. The van der Waals surface area contributed by atoms with Gasteiger partial charge in [-0.05, 0) is 56.3 Å². The van der Waals surface area contributed by atoms with Crippen LogP contribution in [0.4, 0.5) is 0 Å². The molecule has 0 radical (unpaired) electrons. The topological polar surface area (TPSA) is 92.5 Å². The minimum Gasteiger partial charge on any atom is -0.342 e. The number of hydrogen-bond donors (Lipinski definition) is 2. The van der Waals surface area contributed by atoms with E-state index in [4.69, 9.17) is 5.73 Å². The molecule has 3 aliphatic rings. The summed E-state index contributed by atoms with van der Waals surface area (Å²) in [7, 11) is -3.17. The van der Waals surface area contributed by atoms with E-state index in [0.29, 0.717) is 24.9 Å². The molecule has 0 spiro atoms. The molecule has 0 aromatic rings. The summed E-state index contributed by atoms with van der Waals surface area (Å²) in [6.45, 7) is 1.93. The molecule has 1 saturated heterocycles. The van der Waals surface area contributed by atoms with Gasteiger partial charge in [-0.3, -0.25) is 4.79 Å². The van der Waals surface area contributed by atoms with E-state index in [0.717, 1.165) is 32.2 Å². The molecule has 3 unspecified atom stereocenters. The summed E-state index contributed by atoms with van der Waals surface area (Å²) in [6.07, 6.45) is 8.60. The molecule has 2 saturated carbocycles. The number of carbonyl (C=O) groups is 1. The van der Waals surface area contributed by atoms with Crippen LogP contribution in [0.25, 0.3) is 0 Å². The molecular formula is C17H32ClN3O3S. The van der Waals surface area contributed by atoms with E-state index < -0.39 is 10.0 Å². The third kappa shape index (κ3) is 5.31. The number of nitrogens with two attached hydrogens (primary N) is 1. The lowest BCUT2D eigenvalue weighted by atomic mass is 9.65. The van der Waals surface area contributed by atoms with Crippen LogP contribution in [0.1, 0.15) is 44.9 Å². The smallest absolute Gasteiger partial charge is 0.225 e. The lowest BCUT2D eigenvalue weighted by Crippen LogP contribution is -2.51. The van der Waals surface area contributed by atoms with E-state index >= 15 is 0 Å². The van der Waals surface area contributed by atoms with Gasteiger partial charge in [-0.1, -0.05) is 6.42 Å². The summed E-state index contributed by atoms with van der Waals surface area (Å²) < 4.78 is 25.1. The molecule has 0 aromatic heterocycles. The van der Waals surface area contributed by atoms with Crippen LogP contribution < -0.4 is 10.5 Å². The Bertz CT molecular complexity index is 557. The maximum absolute atomic E-state index is 13.0. The van der Waals surface area contributed by atoms with Gasteiger partial charge in [-0.15, -0.1) is 12.4 Å². The molecule has 0 aromatic carbocycles. The van der Waals surface area contributed by atoms with Crippen molar-refractivity contribution in [1.82, 2.24) is 9.62 Å². The average molecular weight is 394 g/mol. The first-order chi connectivity index (χ1) is 11.3. The number of nitrogens with zero attached hydrogens (tertiary/aromatic N) is 1. The lowest BCUT2D eigenvalue weighted by molar-refractivity contribution is -0.140. The van der Waals surface area contributed by atoms with Gasteiger partial charge in [0.2, 0.25) is 15.9 Å². The lowest BCUT2D eigenvalue weighted by Gasteiger charge is -2.45. The molecule has 3 fully saturated rings. The van der Waals surface area contributed by atoms with Gasteiger partial charge < -0.3 is 10.6 Å². The zero-order valence-electron chi connectivity index (χ0n) is 15.0. The van der Waals surface area contributed by atoms with Crippen molar-refractivity contribution in [2.24, 2.45) is 29.4 Å². The van der Waals surface area contributed by atoms with Crippen molar-refractivity contribution in [3.63, 3.8) is 0 Å². The van der Waals surface area contributed by atoms with Gasteiger partial charge in [-0.25, -0.2) is 13.1 Å². The number of fused-ring (bicyclic) bond motifs is 2. The summed E-state index contributed by atoms with van der Waals surface area (Å²) in [5.74, 6) is 1.66. The number of amides is 1. The minimum atomic E-state index is -3.17. The molecule has 2 aliphatic carbocycles. The van der Waals surface area contributed by atoms with Crippen molar-refractivity contribution in [3.05, 3.63) is 0 Å². The number of halogens is 1. The molecule has 1 aliphatic heterocycles. The Kier molecular flexibility index (Phi) is 7.16. The van der Waals surface area contributed by atoms with Gasteiger partial charge in [0.05, 0.1) is 6.26 Å². The number of sulfonamides is 1. The monoisotopic (exact) mass is 393 g/mol. The zero-order chi connectivity index (χ0) is 17.3. The second kappa shape index (κ2) is 8.55.